The van der Waals surface area contributed by atoms with E-state index in [9.17, 15) is 24.8 Å². The lowest BCUT2D eigenvalue weighted by Gasteiger charge is -2.34. The third-order valence-corrected chi connectivity index (χ3v) is 5.88. The second-order valence-corrected chi connectivity index (χ2v) is 7.90. The number of carbonyl (C=O) groups excluding carboxylic acids is 2. The van der Waals surface area contributed by atoms with Crippen LogP contribution in [0.1, 0.15) is 24.0 Å². The molecule has 1 atom stereocenters. The SMILES string of the molecule is Cc1ccccc1N1C(=O)C(c2ccc([N+](=O)[O-])cc2)=C(N2CCCC(CO)C2)C1=O. The van der Waals surface area contributed by atoms with Gasteiger partial charge in [0, 0.05) is 31.8 Å². The third kappa shape index (κ3) is 3.70. The molecule has 8 nitrogen and oxygen atoms in total. The molecule has 2 aromatic rings. The maximum absolute atomic E-state index is 13.6. The van der Waals surface area contributed by atoms with Gasteiger partial charge in [-0.25, -0.2) is 4.90 Å². The lowest BCUT2D eigenvalue weighted by Crippen LogP contribution is -2.40. The normalized spacial score (nSPS) is 19.4. The van der Waals surface area contributed by atoms with Gasteiger partial charge in [0.1, 0.15) is 5.70 Å². The first kappa shape index (κ1) is 20.7. The van der Waals surface area contributed by atoms with E-state index in [1.54, 1.807) is 12.1 Å². The molecule has 1 unspecified atom stereocenters. The number of imide groups is 1. The number of aryl methyl sites for hydroxylation is 1. The fraction of sp³-hybridized carbons (Fsp3) is 0.304. The summed E-state index contributed by atoms with van der Waals surface area (Å²) < 4.78 is 0. The Morgan fingerprint density at radius 2 is 1.81 bits per heavy atom. The van der Waals surface area contributed by atoms with Crippen molar-refractivity contribution in [2.75, 3.05) is 24.6 Å². The van der Waals surface area contributed by atoms with E-state index in [0.29, 0.717) is 30.0 Å². The molecule has 1 fully saturated rings. The predicted molar refractivity (Wildman–Crippen MR) is 115 cm³/mol. The van der Waals surface area contributed by atoms with Crippen LogP contribution in [0.25, 0.3) is 5.57 Å². The Morgan fingerprint density at radius 1 is 1.10 bits per heavy atom. The van der Waals surface area contributed by atoms with E-state index in [4.69, 9.17) is 0 Å². The van der Waals surface area contributed by atoms with Crippen molar-refractivity contribution in [2.45, 2.75) is 19.8 Å². The Morgan fingerprint density at radius 3 is 2.45 bits per heavy atom. The molecule has 2 aromatic carbocycles. The van der Waals surface area contributed by atoms with Gasteiger partial charge in [0.2, 0.25) is 0 Å². The average molecular weight is 421 g/mol. The quantitative estimate of drug-likeness (QED) is 0.452. The first-order chi connectivity index (χ1) is 14.9. The maximum Gasteiger partial charge on any atom is 0.282 e. The molecule has 1 saturated heterocycles. The van der Waals surface area contributed by atoms with E-state index in [0.717, 1.165) is 18.4 Å². The summed E-state index contributed by atoms with van der Waals surface area (Å²) in [6.45, 7) is 2.92. The molecule has 0 aromatic heterocycles. The molecular formula is C23H23N3O5. The van der Waals surface area contributed by atoms with Crippen LogP contribution in [0, 0.1) is 23.0 Å². The van der Waals surface area contributed by atoms with Crippen molar-refractivity contribution >= 4 is 28.8 Å². The van der Waals surface area contributed by atoms with Crippen LogP contribution >= 0.6 is 0 Å². The second kappa shape index (κ2) is 8.31. The summed E-state index contributed by atoms with van der Waals surface area (Å²) >= 11 is 0. The highest BCUT2D eigenvalue weighted by atomic mass is 16.6. The highest BCUT2D eigenvalue weighted by molar-refractivity contribution is 6.45. The van der Waals surface area contributed by atoms with Gasteiger partial charge in [0.15, 0.2) is 0 Å². The third-order valence-electron chi connectivity index (χ3n) is 5.88. The highest BCUT2D eigenvalue weighted by Gasteiger charge is 2.43. The van der Waals surface area contributed by atoms with E-state index in [2.05, 4.69) is 0 Å². The number of benzene rings is 2. The average Bonchev–Trinajstić information content (AvgIpc) is 3.04. The topological polar surface area (TPSA) is 104 Å². The molecule has 0 aliphatic carbocycles. The fourth-order valence-corrected chi connectivity index (χ4v) is 4.27. The van der Waals surface area contributed by atoms with E-state index in [1.165, 1.54) is 29.2 Å². The van der Waals surface area contributed by atoms with E-state index >= 15 is 0 Å². The number of likely N-dealkylation sites (tertiary alicyclic amines) is 1. The van der Waals surface area contributed by atoms with Gasteiger partial charge < -0.3 is 10.0 Å². The molecule has 160 valence electrons. The number of hydrogen-bond acceptors (Lipinski definition) is 6. The molecule has 1 N–H and O–H groups in total. The summed E-state index contributed by atoms with van der Waals surface area (Å²) in [6, 6.07) is 12.9. The maximum atomic E-state index is 13.6. The van der Waals surface area contributed by atoms with Crippen LogP contribution in [0.5, 0.6) is 0 Å². The number of anilines is 1. The Bertz CT molecular complexity index is 1080. The molecule has 0 radical (unpaired) electrons. The number of nitrogens with zero attached hydrogens (tertiary/aromatic N) is 3. The van der Waals surface area contributed by atoms with Gasteiger partial charge in [0.05, 0.1) is 16.2 Å². The van der Waals surface area contributed by atoms with E-state index in [1.807, 2.05) is 24.0 Å². The zero-order chi connectivity index (χ0) is 22.1. The van der Waals surface area contributed by atoms with Crippen molar-refractivity contribution in [1.29, 1.82) is 0 Å². The monoisotopic (exact) mass is 421 g/mol. The number of aliphatic hydroxyl groups is 1. The van der Waals surface area contributed by atoms with Crippen molar-refractivity contribution in [3.8, 4) is 0 Å². The molecule has 4 rings (SSSR count). The van der Waals surface area contributed by atoms with E-state index < -0.39 is 16.7 Å². The number of hydrogen-bond donors (Lipinski definition) is 1. The molecule has 8 heteroatoms. The second-order valence-electron chi connectivity index (χ2n) is 7.90. The minimum Gasteiger partial charge on any atom is -0.396 e. The van der Waals surface area contributed by atoms with Crippen LogP contribution in [-0.2, 0) is 9.59 Å². The number of para-hydroxylation sites is 1. The van der Waals surface area contributed by atoms with Crippen molar-refractivity contribution in [3.63, 3.8) is 0 Å². The van der Waals surface area contributed by atoms with Crippen LogP contribution in [0.4, 0.5) is 11.4 Å². The fourth-order valence-electron chi connectivity index (χ4n) is 4.27. The van der Waals surface area contributed by atoms with E-state index in [-0.39, 0.29) is 23.8 Å². The number of nitro benzene ring substituents is 1. The Kier molecular flexibility index (Phi) is 5.56. The van der Waals surface area contributed by atoms with Crippen LogP contribution in [0.2, 0.25) is 0 Å². The summed E-state index contributed by atoms with van der Waals surface area (Å²) in [5.74, 6) is -0.838. The number of aliphatic hydroxyl groups excluding tert-OH is 1. The predicted octanol–water partition coefficient (Wildman–Crippen LogP) is 2.89. The molecule has 2 aliphatic rings. The minimum absolute atomic E-state index is 0.0142. The summed E-state index contributed by atoms with van der Waals surface area (Å²) in [5.41, 5.74) is 2.21. The molecule has 31 heavy (non-hydrogen) atoms. The van der Waals surface area contributed by atoms with Crippen molar-refractivity contribution in [2.24, 2.45) is 5.92 Å². The standard InChI is InChI=1S/C23H23N3O5/c1-15-5-2-3-7-19(15)25-22(28)20(17-8-10-18(11-9-17)26(30)31)21(23(25)29)24-12-4-6-16(13-24)14-27/h2-3,5,7-11,16,27H,4,6,12-14H2,1H3. The van der Waals surface area contributed by atoms with Crippen LogP contribution in [0.15, 0.2) is 54.2 Å². The van der Waals surface area contributed by atoms with Crippen molar-refractivity contribution < 1.29 is 19.6 Å². The lowest BCUT2D eigenvalue weighted by atomic mass is 9.97. The Labute approximate surface area is 179 Å². The minimum atomic E-state index is -0.503. The van der Waals surface area contributed by atoms with Crippen molar-refractivity contribution in [1.82, 2.24) is 4.90 Å². The van der Waals surface area contributed by atoms with Gasteiger partial charge in [0.25, 0.3) is 17.5 Å². The van der Waals surface area contributed by atoms with Crippen LogP contribution < -0.4 is 4.90 Å². The number of rotatable bonds is 5. The molecule has 0 bridgehead atoms. The molecular weight excluding hydrogens is 398 g/mol. The largest absolute Gasteiger partial charge is 0.396 e. The Balaban J connectivity index is 1.83. The molecule has 2 amide bonds. The van der Waals surface area contributed by atoms with Gasteiger partial charge in [-0.1, -0.05) is 18.2 Å². The highest BCUT2D eigenvalue weighted by Crippen LogP contribution is 2.37. The smallest absolute Gasteiger partial charge is 0.282 e. The molecule has 2 aliphatic heterocycles. The van der Waals surface area contributed by atoms with Gasteiger partial charge in [-0.05, 0) is 55.0 Å². The van der Waals surface area contributed by atoms with Crippen LogP contribution in [-0.4, -0.2) is 46.4 Å². The first-order valence-electron chi connectivity index (χ1n) is 10.2. The van der Waals surface area contributed by atoms with Gasteiger partial charge >= 0.3 is 0 Å². The summed E-state index contributed by atoms with van der Waals surface area (Å²) in [6.07, 6.45) is 1.66. The zero-order valence-corrected chi connectivity index (χ0v) is 17.2. The summed E-state index contributed by atoms with van der Waals surface area (Å²) in [5, 5.41) is 20.7. The zero-order valence-electron chi connectivity index (χ0n) is 17.2. The Hall–Kier alpha value is -3.52. The lowest BCUT2D eigenvalue weighted by molar-refractivity contribution is -0.384. The van der Waals surface area contributed by atoms with Gasteiger partial charge in [-0.3, -0.25) is 19.7 Å². The number of carbonyl (C=O) groups is 2. The number of amides is 2. The summed E-state index contributed by atoms with van der Waals surface area (Å²) in [4.78, 5) is 40.7. The molecule has 2 heterocycles. The number of non-ortho nitro benzene ring substituents is 1. The first-order valence-corrected chi connectivity index (χ1v) is 10.2. The van der Waals surface area contributed by atoms with Gasteiger partial charge in [-0.15, -0.1) is 0 Å². The van der Waals surface area contributed by atoms with Crippen molar-refractivity contribution in [3.05, 3.63) is 75.5 Å². The van der Waals surface area contributed by atoms with Gasteiger partial charge in [-0.2, -0.15) is 0 Å². The molecule has 0 saturated carbocycles. The summed E-state index contributed by atoms with van der Waals surface area (Å²) in [7, 11) is 0. The number of nitro groups is 1. The van der Waals surface area contributed by atoms with Crippen LogP contribution in [0.3, 0.4) is 0 Å². The molecule has 0 spiro atoms. The number of piperidine rings is 1.